The van der Waals surface area contributed by atoms with E-state index in [-0.39, 0.29) is 12.5 Å². The second-order valence-corrected chi connectivity index (χ2v) is 6.02. The Bertz CT molecular complexity index is 772. The SMILES string of the molecule is Cc1cc(OCC(=O)Nc2cccc(C(=O)O[NH3+])c2)ccc1C(C)C. The number of ether oxygens (including phenoxy) is 1. The fraction of sp³-hybridized carbons (Fsp3) is 0.263. The summed E-state index contributed by atoms with van der Waals surface area (Å²) in [5, 5.41) is 2.68. The van der Waals surface area contributed by atoms with Gasteiger partial charge in [-0.25, -0.2) is 4.79 Å². The van der Waals surface area contributed by atoms with Gasteiger partial charge in [0.05, 0.1) is 5.56 Å². The molecule has 0 aliphatic rings. The first-order valence-electron chi connectivity index (χ1n) is 8.00. The van der Waals surface area contributed by atoms with Gasteiger partial charge in [-0.05, 0) is 54.3 Å². The van der Waals surface area contributed by atoms with Crippen LogP contribution in [0.2, 0.25) is 0 Å². The van der Waals surface area contributed by atoms with Crippen molar-refractivity contribution in [1.29, 1.82) is 0 Å². The van der Waals surface area contributed by atoms with Crippen LogP contribution in [0.3, 0.4) is 0 Å². The van der Waals surface area contributed by atoms with Crippen molar-refractivity contribution < 1.29 is 25.1 Å². The molecule has 0 fully saturated rings. The van der Waals surface area contributed by atoms with Crippen molar-refractivity contribution in [2.75, 3.05) is 11.9 Å². The first-order valence-corrected chi connectivity index (χ1v) is 8.00. The van der Waals surface area contributed by atoms with E-state index in [1.807, 2.05) is 25.1 Å². The zero-order valence-corrected chi connectivity index (χ0v) is 14.7. The first-order chi connectivity index (χ1) is 11.9. The highest BCUT2D eigenvalue weighted by atomic mass is 16.7. The fourth-order valence-electron chi connectivity index (χ4n) is 2.54. The Morgan fingerprint density at radius 3 is 2.56 bits per heavy atom. The molecule has 132 valence electrons. The van der Waals surface area contributed by atoms with Crippen LogP contribution in [0.15, 0.2) is 42.5 Å². The molecule has 0 spiro atoms. The van der Waals surface area contributed by atoms with E-state index in [4.69, 9.17) is 4.74 Å². The summed E-state index contributed by atoms with van der Waals surface area (Å²) < 4.78 is 5.54. The molecule has 0 radical (unpaired) electrons. The molecule has 25 heavy (non-hydrogen) atoms. The van der Waals surface area contributed by atoms with Crippen molar-refractivity contribution >= 4 is 17.6 Å². The number of hydrogen-bond donors (Lipinski definition) is 2. The molecule has 4 N–H and O–H groups in total. The van der Waals surface area contributed by atoms with Gasteiger partial charge in [0.2, 0.25) is 0 Å². The summed E-state index contributed by atoms with van der Waals surface area (Å²) in [4.78, 5) is 27.9. The molecule has 2 aromatic carbocycles. The molecule has 0 aromatic heterocycles. The molecule has 0 heterocycles. The Morgan fingerprint density at radius 2 is 1.92 bits per heavy atom. The van der Waals surface area contributed by atoms with E-state index in [1.165, 1.54) is 11.6 Å². The van der Waals surface area contributed by atoms with Crippen LogP contribution >= 0.6 is 0 Å². The molecule has 0 atom stereocenters. The molecule has 0 aliphatic heterocycles. The van der Waals surface area contributed by atoms with Crippen molar-refractivity contribution in [1.82, 2.24) is 0 Å². The van der Waals surface area contributed by atoms with E-state index < -0.39 is 5.97 Å². The van der Waals surface area contributed by atoms with Gasteiger partial charge in [0.15, 0.2) is 6.61 Å². The van der Waals surface area contributed by atoms with Crippen molar-refractivity contribution in [3.05, 3.63) is 59.2 Å². The van der Waals surface area contributed by atoms with Crippen LogP contribution in [0.4, 0.5) is 5.69 Å². The number of hydrogen-bond acceptors (Lipinski definition) is 4. The summed E-state index contributed by atoms with van der Waals surface area (Å²) in [5.74, 6) is 3.29. The summed E-state index contributed by atoms with van der Waals surface area (Å²) in [6, 6.07) is 12.2. The Balaban J connectivity index is 1.95. The third-order valence-corrected chi connectivity index (χ3v) is 3.75. The van der Waals surface area contributed by atoms with Gasteiger partial charge in [-0.2, -0.15) is 5.90 Å². The lowest BCUT2D eigenvalue weighted by Crippen LogP contribution is -2.51. The first kappa shape index (κ1) is 18.5. The van der Waals surface area contributed by atoms with E-state index in [0.29, 0.717) is 22.9 Å². The topological polar surface area (TPSA) is 92.3 Å². The smallest absolute Gasteiger partial charge is 0.397 e. The third-order valence-electron chi connectivity index (χ3n) is 3.75. The molecular weight excluding hydrogens is 320 g/mol. The van der Waals surface area contributed by atoms with Gasteiger partial charge >= 0.3 is 5.97 Å². The minimum atomic E-state index is -0.562. The summed E-state index contributed by atoms with van der Waals surface area (Å²) in [5.41, 5.74) is 3.19. The van der Waals surface area contributed by atoms with Gasteiger partial charge < -0.3 is 10.1 Å². The molecule has 0 saturated heterocycles. The summed E-state index contributed by atoms with van der Waals surface area (Å²) in [7, 11) is 0. The second kappa shape index (κ2) is 8.30. The number of carbonyl (C=O) groups excluding carboxylic acids is 2. The fourth-order valence-corrected chi connectivity index (χ4v) is 2.54. The number of carbonyl (C=O) groups is 2. The minimum Gasteiger partial charge on any atom is -0.484 e. The number of rotatable bonds is 6. The van der Waals surface area contributed by atoms with E-state index in [0.717, 1.165) is 5.56 Å². The standard InChI is InChI=1S/C19H22N2O4/c1-12(2)17-8-7-16(9-13(17)3)24-11-18(22)21-15-6-4-5-14(10-15)19(23)25-20/h4-10,12H,11H2,1-3,20H3/p+1. The van der Waals surface area contributed by atoms with Gasteiger partial charge in [0.25, 0.3) is 5.91 Å². The average molecular weight is 343 g/mol. The molecule has 1 amide bonds. The summed E-state index contributed by atoms with van der Waals surface area (Å²) in [6.07, 6.45) is 0. The lowest BCUT2D eigenvalue weighted by Gasteiger charge is -2.12. The van der Waals surface area contributed by atoms with E-state index in [1.54, 1.807) is 18.2 Å². The quantitative estimate of drug-likeness (QED) is 0.788. The molecule has 2 rings (SSSR count). The average Bonchev–Trinajstić information content (AvgIpc) is 2.59. The van der Waals surface area contributed by atoms with E-state index >= 15 is 0 Å². The largest absolute Gasteiger partial charge is 0.484 e. The van der Waals surface area contributed by atoms with E-state index in [9.17, 15) is 9.59 Å². The van der Waals surface area contributed by atoms with Crippen LogP contribution in [0.5, 0.6) is 5.75 Å². The van der Waals surface area contributed by atoms with Gasteiger partial charge in [-0.15, -0.1) is 0 Å². The van der Waals surface area contributed by atoms with Crippen LogP contribution in [0, 0.1) is 6.92 Å². The van der Waals surface area contributed by atoms with Gasteiger partial charge in [-0.1, -0.05) is 26.0 Å². The number of aryl methyl sites for hydroxylation is 1. The van der Waals surface area contributed by atoms with E-state index in [2.05, 4.69) is 29.9 Å². The zero-order chi connectivity index (χ0) is 18.4. The second-order valence-electron chi connectivity index (χ2n) is 6.02. The highest BCUT2D eigenvalue weighted by molar-refractivity contribution is 5.94. The van der Waals surface area contributed by atoms with Crippen LogP contribution in [0.1, 0.15) is 41.3 Å². The minimum absolute atomic E-state index is 0.121. The van der Waals surface area contributed by atoms with Crippen LogP contribution in [0.25, 0.3) is 0 Å². The Kier molecular flexibility index (Phi) is 6.14. The number of quaternary nitrogens is 1. The van der Waals surface area contributed by atoms with Crippen LogP contribution < -0.4 is 16.0 Å². The molecular formula is C19H23N2O4+. The number of anilines is 1. The van der Waals surface area contributed by atoms with Gasteiger partial charge in [-0.3, -0.25) is 9.63 Å². The molecule has 0 bridgehead atoms. The molecule has 0 aliphatic carbocycles. The highest BCUT2D eigenvalue weighted by Gasteiger charge is 2.10. The molecule has 0 unspecified atom stereocenters. The van der Waals surface area contributed by atoms with Crippen molar-refractivity contribution in [3.63, 3.8) is 0 Å². The molecule has 0 saturated carbocycles. The summed E-state index contributed by atoms with van der Waals surface area (Å²) in [6.45, 7) is 6.17. The maximum absolute atomic E-state index is 12.0. The maximum Gasteiger partial charge on any atom is 0.397 e. The Labute approximate surface area is 146 Å². The lowest BCUT2D eigenvalue weighted by atomic mass is 9.98. The normalized spacial score (nSPS) is 10.4. The van der Waals surface area contributed by atoms with Gasteiger partial charge in [0, 0.05) is 5.69 Å². The zero-order valence-electron chi connectivity index (χ0n) is 14.7. The maximum atomic E-state index is 12.0. The molecule has 2 aromatic rings. The number of benzene rings is 2. The monoisotopic (exact) mass is 343 g/mol. The Morgan fingerprint density at radius 1 is 1.16 bits per heavy atom. The predicted molar refractivity (Wildman–Crippen MR) is 94.1 cm³/mol. The highest BCUT2D eigenvalue weighted by Crippen LogP contribution is 2.23. The number of nitrogens with one attached hydrogen (secondary N) is 1. The Hall–Kier alpha value is -2.86. The number of amides is 1. The van der Waals surface area contributed by atoms with Gasteiger partial charge in [0.1, 0.15) is 5.75 Å². The van der Waals surface area contributed by atoms with Crippen molar-refractivity contribution in [3.8, 4) is 5.75 Å². The summed E-state index contributed by atoms with van der Waals surface area (Å²) >= 11 is 0. The van der Waals surface area contributed by atoms with Crippen LogP contribution in [-0.2, 0) is 9.63 Å². The predicted octanol–water partition coefficient (Wildman–Crippen LogP) is 2.45. The van der Waals surface area contributed by atoms with Crippen LogP contribution in [-0.4, -0.2) is 18.5 Å². The van der Waals surface area contributed by atoms with Crippen molar-refractivity contribution in [2.45, 2.75) is 26.7 Å². The molecule has 6 heteroatoms. The molecule has 6 nitrogen and oxygen atoms in total. The third kappa shape index (κ3) is 5.06. The van der Waals surface area contributed by atoms with Crippen molar-refractivity contribution in [2.24, 2.45) is 0 Å². The lowest BCUT2D eigenvalue weighted by molar-refractivity contribution is -0.653.